The zero-order chi connectivity index (χ0) is 14.6. The molecule has 0 saturated carbocycles. The number of anilines is 1. The molecule has 0 atom stereocenters. The second-order valence-electron chi connectivity index (χ2n) is 5.00. The molecule has 0 fully saturated rings. The van der Waals surface area contributed by atoms with Gasteiger partial charge in [0.1, 0.15) is 0 Å². The first-order valence-electron chi connectivity index (χ1n) is 5.83. The fraction of sp³-hybridized carbons (Fsp3) is 0.462. The minimum Gasteiger partial charge on any atom is -0.394 e. The van der Waals surface area contributed by atoms with E-state index < -0.39 is 5.54 Å². The number of nitrogens with one attached hydrogen (secondary N) is 1. The summed E-state index contributed by atoms with van der Waals surface area (Å²) in [5, 5.41) is 12.9. The zero-order valence-corrected chi connectivity index (χ0v) is 12.7. The smallest absolute Gasteiger partial charge is 0.238 e. The summed E-state index contributed by atoms with van der Waals surface area (Å²) in [6, 6.07) is 4.88. The molecule has 1 aromatic rings. The first kappa shape index (κ1) is 16.2. The standard InChI is InChI=1S/C13H18Cl2N2O2/c1-13(2,8-18)17(3)7-12(19)16-11-6-9(14)4-5-10(11)15/h4-6,18H,7-8H2,1-3H3,(H,16,19). The first-order valence-corrected chi connectivity index (χ1v) is 6.59. The van der Waals surface area contributed by atoms with Crippen LogP contribution in [0, 0.1) is 0 Å². The van der Waals surface area contributed by atoms with Gasteiger partial charge >= 0.3 is 0 Å². The third kappa shape index (κ3) is 4.66. The molecular formula is C13H18Cl2N2O2. The number of aliphatic hydroxyl groups is 1. The van der Waals surface area contributed by atoms with E-state index in [2.05, 4.69) is 5.32 Å². The fourth-order valence-corrected chi connectivity index (χ4v) is 1.67. The van der Waals surface area contributed by atoms with Crippen LogP contribution in [0.25, 0.3) is 0 Å². The van der Waals surface area contributed by atoms with Gasteiger partial charge in [-0.2, -0.15) is 0 Å². The molecule has 0 spiro atoms. The minimum absolute atomic E-state index is 0.0330. The number of likely N-dealkylation sites (N-methyl/N-ethyl adjacent to an activating group) is 1. The predicted molar refractivity (Wildman–Crippen MR) is 78.9 cm³/mol. The molecule has 0 aliphatic heterocycles. The van der Waals surface area contributed by atoms with E-state index in [0.29, 0.717) is 15.7 Å². The largest absolute Gasteiger partial charge is 0.394 e. The Hall–Kier alpha value is -0.810. The molecule has 1 aromatic carbocycles. The van der Waals surface area contributed by atoms with Gasteiger partial charge in [0.05, 0.1) is 23.9 Å². The van der Waals surface area contributed by atoms with Gasteiger partial charge in [0.15, 0.2) is 0 Å². The summed E-state index contributed by atoms with van der Waals surface area (Å²) in [4.78, 5) is 13.7. The average molecular weight is 305 g/mol. The summed E-state index contributed by atoms with van der Waals surface area (Å²) in [6.45, 7) is 3.82. The molecule has 106 valence electrons. The second-order valence-corrected chi connectivity index (χ2v) is 5.84. The summed E-state index contributed by atoms with van der Waals surface area (Å²) >= 11 is 11.8. The highest BCUT2D eigenvalue weighted by molar-refractivity contribution is 6.35. The van der Waals surface area contributed by atoms with Crippen LogP contribution in [0.5, 0.6) is 0 Å². The van der Waals surface area contributed by atoms with E-state index in [-0.39, 0.29) is 19.1 Å². The predicted octanol–water partition coefficient (Wildman–Crippen LogP) is 2.63. The van der Waals surface area contributed by atoms with Crippen LogP contribution in [0.3, 0.4) is 0 Å². The van der Waals surface area contributed by atoms with Crippen LogP contribution in [-0.2, 0) is 4.79 Å². The van der Waals surface area contributed by atoms with Crippen LogP contribution >= 0.6 is 23.2 Å². The van der Waals surface area contributed by atoms with Gasteiger partial charge in [0, 0.05) is 10.6 Å². The zero-order valence-electron chi connectivity index (χ0n) is 11.2. The van der Waals surface area contributed by atoms with Crippen molar-refractivity contribution in [3.05, 3.63) is 28.2 Å². The highest BCUT2D eigenvalue weighted by Gasteiger charge is 2.24. The summed E-state index contributed by atoms with van der Waals surface area (Å²) in [5.74, 6) is -0.215. The van der Waals surface area contributed by atoms with Gasteiger partial charge in [0.25, 0.3) is 0 Å². The number of aliphatic hydroxyl groups excluding tert-OH is 1. The summed E-state index contributed by atoms with van der Waals surface area (Å²) < 4.78 is 0. The maximum atomic E-state index is 11.9. The van der Waals surface area contributed by atoms with E-state index in [4.69, 9.17) is 23.2 Å². The van der Waals surface area contributed by atoms with E-state index in [1.54, 1.807) is 30.1 Å². The minimum atomic E-state index is -0.463. The maximum absolute atomic E-state index is 11.9. The molecule has 1 rings (SSSR count). The number of hydrogen-bond acceptors (Lipinski definition) is 3. The molecule has 0 aromatic heterocycles. The number of rotatable bonds is 5. The summed E-state index contributed by atoms with van der Waals surface area (Å²) in [6.07, 6.45) is 0. The van der Waals surface area contributed by atoms with Crippen LogP contribution < -0.4 is 5.32 Å². The number of hydrogen-bond donors (Lipinski definition) is 2. The Bertz CT molecular complexity index is 464. The monoisotopic (exact) mass is 304 g/mol. The number of halogens is 2. The van der Waals surface area contributed by atoms with Crippen molar-refractivity contribution in [2.24, 2.45) is 0 Å². The summed E-state index contributed by atoms with van der Waals surface area (Å²) in [7, 11) is 1.77. The van der Waals surface area contributed by atoms with Crippen molar-refractivity contribution in [3.63, 3.8) is 0 Å². The lowest BCUT2D eigenvalue weighted by Gasteiger charge is -2.33. The number of benzene rings is 1. The van der Waals surface area contributed by atoms with Crippen LogP contribution in [-0.4, -0.2) is 41.7 Å². The molecule has 0 heterocycles. The van der Waals surface area contributed by atoms with E-state index in [1.165, 1.54) is 0 Å². The highest BCUT2D eigenvalue weighted by atomic mass is 35.5. The Balaban J connectivity index is 2.68. The number of amides is 1. The van der Waals surface area contributed by atoms with Crippen molar-refractivity contribution in [2.45, 2.75) is 19.4 Å². The van der Waals surface area contributed by atoms with Gasteiger partial charge in [-0.05, 0) is 39.1 Å². The first-order chi connectivity index (χ1) is 8.76. The molecular weight excluding hydrogens is 287 g/mol. The molecule has 19 heavy (non-hydrogen) atoms. The lowest BCUT2D eigenvalue weighted by atomic mass is 10.1. The highest BCUT2D eigenvalue weighted by Crippen LogP contribution is 2.25. The molecule has 6 heteroatoms. The lowest BCUT2D eigenvalue weighted by molar-refractivity contribution is -0.118. The van der Waals surface area contributed by atoms with Crippen LogP contribution in [0.1, 0.15) is 13.8 Å². The maximum Gasteiger partial charge on any atom is 0.238 e. The van der Waals surface area contributed by atoms with Gasteiger partial charge in [-0.25, -0.2) is 0 Å². The molecule has 0 unspecified atom stereocenters. The number of nitrogens with zero attached hydrogens (tertiary/aromatic N) is 1. The van der Waals surface area contributed by atoms with Gasteiger partial charge in [-0.1, -0.05) is 23.2 Å². The number of carbonyl (C=O) groups excluding carboxylic acids is 1. The molecule has 0 saturated heterocycles. The quantitative estimate of drug-likeness (QED) is 0.879. The molecule has 2 N–H and O–H groups in total. The van der Waals surface area contributed by atoms with Crippen LogP contribution in [0.15, 0.2) is 18.2 Å². The van der Waals surface area contributed by atoms with Crippen molar-refractivity contribution >= 4 is 34.8 Å². The second kappa shape index (κ2) is 6.57. The summed E-state index contributed by atoms with van der Waals surface area (Å²) in [5.41, 5.74) is 0.0181. The third-order valence-electron chi connectivity index (χ3n) is 3.00. The van der Waals surface area contributed by atoms with Gasteiger partial charge < -0.3 is 10.4 Å². The normalized spacial score (nSPS) is 11.7. The van der Waals surface area contributed by atoms with E-state index in [1.807, 2.05) is 13.8 Å². The van der Waals surface area contributed by atoms with Crippen molar-refractivity contribution in [3.8, 4) is 0 Å². The molecule has 1 amide bonds. The van der Waals surface area contributed by atoms with Crippen molar-refractivity contribution in [2.75, 3.05) is 25.5 Å². The van der Waals surface area contributed by atoms with Crippen molar-refractivity contribution < 1.29 is 9.90 Å². The van der Waals surface area contributed by atoms with Gasteiger partial charge in [-0.3, -0.25) is 9.69 Å². The molecule has 0 bridgehead atoms. The Morgan fingerprint density at radius 1 is 1.42 bits per heavy atom. The van der Waals surface area contributed by atoms with E-state index in [0.717, 1.165) is 0 Å². The Kier molecular flexibility index (Phi) is 5.62. The topological polar surface area (TPSA) is 52.6 Å². The van der Waals surface area contributed by atoms with Crippen LogP contribution in [0.2, 0.25) is 10.0 Å². The van der Waals surface area contributed by atoms with Crippen LogP contribution in [0.4, 0.5) is 5.69 Å². The van der Waals surface area contributed by atoms with Gasteiger partial charge in [-0.15, -0.1) is 0 Å². The average Bonchev–Trinajstić information content (AvgIpc) is 2.33. The molecule has 0 radical (unpaired) electrons. The Morgan fingerprint density at radius 2 is 2.05 bits per heavy atom. The lowest BCUT2D eigenvalue weighted by Crippen LogP contribution is -2.47. The molecule has 0 aliphatic carbocycles. The molecule has 0 aliphatic rings. The number of carbonyl (C=O) groups is 1. The molecule has 4 nitrogen and oxygen atoms in total. The van der Waals surface area contributed by atoms with E-state index >= 15 is 0 Å². The fourth-order valence-electron chi connectivity index (χ4n) is 1.33. The Morgan fingerprint density at radius 3 is 2.63 bits per heavy atom. The third-order valence-corrected chi connectivity index (χ3v) is 3.57. The van der Waals surface area contributed by atoms with Gasteiger partial charge in [0.2, 0.25) is 5.91 Å². The SMILES string of the molecule is CN(CC(=O)Nc1cc(Cl)ccc1Cl)C(C)(C)CO. The Labute approximate surface area is 123 Å². The van der Waals surface area contributed by atoms with E-state index in [9.17, 15) is 9.90 Å². The van der Waals surface area contributed by atoms with Crippen molar-refractivity contribution in [1.29, 1.82) is 0 Å². The van der Waals surface area contributed by atoms with Crippen molar-refractivity contribution in [1.82, 2.24) is 4.90 Å².